The summed E-state index contributed by atoms with van der Waals surface area (Å²) >= 11 is 0. The van der Waals surface area contributed by atoms with E-state index in [1.807, 2.05) is 18.7 Å². The van der Waals surface area contributed by atoms with Crippen LogP contribution in [-0.2, 0) is 10.2 Å². The molecular weight excluding hydrogens is 296 g/mol. The van der Waals surface area contributed by atoms with Crippen LogP contribution in [0.15, 0.2) is 24.3 Å². The Bertz CT molecular complexity index is 488. The van der Waals surface area contributed by atoms with Crippen LogP contribution >= 0.6 is 12.4 Å². The Labute approximate surface area is 140 Å². The van der Waals surface area contributed by atoms with Crippen molar-refractivity contribution in [1.29, 1.82) is 0 Å². The smallest absolute Gasteiger partial charge is 0.232 e. The van der Waals surface area contributed by atoms with E-state index in [2.05, 4.69) is 38.1 Å². The number of aryl methyl sites for hydroxylation is 1. The lowest BCUT2D eigenvalue weighted by atomic mass is 9.81. The molecule has 2 N–H and O–H groups in total. The van der Waals surface area contributed by atoms with Gasteiger partial charge in [0.25, 0.3) is 0 Å². The molecule has 0 bridgehead atoms. The molecular formula is C18H29ClN2O. The fourth-order valence-electron chi connectivity index (χ4n) is 3.12. The van der Waals surface area contributed by atoms with Gasteiger partial charge in [0.05, 0.1) is 5.41 Å². The summed E-state index contributed by atoms with van der Waals surface area (Å²) in [5.41, 5.74) is 7.83. The van der Waals surface area contributed by atoms with Gasteiger partial charge in [-0.05, 0) is 52.0 Å². The molecule has 124 valence electrons. The second-order valence-electron chi connectivity index (χ2n) is 6.98. The molecule has 0 aliphatic carbocycles. The fourth-order valence-corrected chi connectivity index (χ4v) is 3.12. The second-order valence-corrected chi connectivity index (χ2v) is 6.98. The Balaban J connectivity index is 0.00000242. The van der Waals surface area contributed by atoms with Crippen LogP contribution in [0.25, 0.3) is 0 Å². The van der Waals surface area contributed by atoms with Crippen molar-refractivity contribution >= 4 is 18.3 Å². The highest BCUT2D eigenvalue weighted by molar-refractivity contribution is 5.87. The molecule has 1 amide bonds. The van der Waals surface area contributed by atoms with E-state index in [0.717, 1.165) is 31.5 Å². The predicted octanol–water partition coefficient (Wildman–Crippen LogP) is 3.28. The highest BCUT2D eigenvalue weighted by Gasteiger charge is 2.35. The Kier molecular flexibility index (Phi) is 6.45. The van der Waals surface area contributed by atoms with Crippen LogP contribution in [0.5, 0.6) is 0 Å². The van der Waals surface area contributed by atoms with Crippen LogP contribution in [0.1, 0.15) is 44.7 Å². The molecule has 1 aliphatic rings. The van der Waals surface area contributed by atoms with E-state index in [0.29, 0.717) is 5.92 Å². The van der Waals surface area contributed by atoms with E-state index in [4.69, 9.17) is 5.73 Å². The first-order valence-electron chi connectivity index (χ1n) is 7.94. The summed E-state index contributed by atoms with van der Waals surface area (Å²) < 4.78 is 0. The van der Waals surface area contributed by atoms with Crippen molar-refractivity contribution in [3.63, 3.8) is 0 Å². The fraction of sp³-hybridized carbons (Fsp3) is 0.611. The molecule has 2 rings (SSSR count). The molecule has 1 fully saturated rings. The highest BCUT2D eigenvalue weighted by Crippen LogP contribution is 2.29. The molecule has 1 saturated heterocycles. The molecule has 1 heterocycles. The number of hydrogen-bond acceptors (Lipinski definition) is 2. The van der Waals surface area contributed by atoms with Crippen LogP contribution in [-0.4, -0.2) is 29.9 Å². The molecule has 0 spiro atoms. The number of halogens is 1. The topological polar surface area (TPSA) is 46.3 Å². The number of benzene rings is 1. The van der Waals surface area contributed by atoms with Crippen molar-refractivity contribution < 1.29 is 4.79 Å². The number of carbonyl (C=O) groups excluding carboxylic acids is 1. The lowest BCUT2D eigenvalue weighted by Gasteiger charge is -2.38. The van der Waals surface area contributed by atoms with Crippen LogP contribution < -0.4 is 5.73 Å². The molecule has 1 aromatic rings. The highest BCUT2D eigenvalue weighted by atomic mass is 35.5. The number of amides is 1. The minimum atomic E-state index is -0.463. The van der Waals surface area contributed by atoms with E-state index in [1.54, 1.807) is 0 Å². The second kappa shape index (κ2) is 7.47. The van der Waals surface area contributed by atoms with E-state index in [1.165, 1.54) is 5.56 Å². The normalized spacial score (nSPS) is 17.8. The maximum Gasteiger partial charge on any atom is 0.232 e. The van der Waals surface area contributed by atoms with Crippen molar-refractivity contribution in [2.75, 3.05) is 13.1 Å². The minimum Gasteiger partial charge on any atom is -0.342 e. The third-order valence-corrected chi connectivity index (χ3v) is 4.88. The summed E-state index contributed by atoms with van der Waals surface area (Å²) in [5.74, 6) is 0.783. The SMILES string of the molecule is Cc1ccc(C(C)(C)C(=O)N2CCC(C(C)N)CC2)cc1.Cl. The Morgan fingerprint density at radius 3 is 2.18 bits per heavy atom. The third kappa shape index (κ3) is 4.02. The van der Waals surface area contributed by atoms with Crippen molar-refractivity contribution in [2.24, 2.45) is 11.7 Å². The van der Waals surface area contributed by atoms with Gasteiger partial charge in [0.2, 0.25) is 5.91 Å². The first-order chi connectivity index (χ1) is 9.82. The molecule has 0 aromatic heterocycles. The number of nitrogens with zero attached hydrogens (tertiary/aromatic N) is 1. The number of hydrogen-bond donors (Lipinski definition) is 1. The van der Waals surface area contributed by atoms with Gasteiger partial charge in [-0.15, -0.1) is 12.4 Å². The lowest BCUT2D eigenvalue weighted by molar-refractivity contribution is -0.137. The molecule has 0 radical (unpaired) electrons. The Morgan fingerprint density at radius 1 is 1.23 bits per heavy atom. The standard InChI is InChI=1S/C18H28N2O.ClH/c1-13-5-7-16(8-6-13)18(3,4)17(21)20-11-9-15(10-12-20)14(2)19;/h5-8,14-15H,9-12,19H2,1-4H3;1H. The molecule has 1 unspecified atom stereocenters. The van der Waals surface area contributed by atoms with Crippen LogP contribution in [0.3, 0.4) is 0 Å². The largest absolute Gasteiger partial charge is 0.342 e. The van der Waals surface area contributed by atoms with Gasteiger partial charge in [0.1, 0.15) is 0 Å². The van der Waals surface area contributed by atoms with Gasteiger partial charge >= 0.3 is 0 Å². The Morgan fingerprint density at radius 2 is 1.73 bits per heavy atom. The van der Waals surface area contributed by atoms with E-state index in [9.17, 15) is 4.79 Å². The van der Waals surface area contributed by atoms with Crippen molar-refractivity contribution in [3.8, 4) is 0 Å². The minimum absolute atomic E-state index is 0. The predicted molar refractivity (Wildman–Crippen MR) is 94.4 cm³/mol. The van der Waals surface area contributed by atoms with Crippen molar-refractivity contribution in [2.45, 2.75) is 52.0 Å². The number of rotatable bonds is 3. The first kappa shape index (κ1) is 19.0. The number of piperidine rings is 1. The van der Waals surface area contributed by atoms with Gasteiger partial charge < -0.3 is 10.6 Å². The molecule has 1 atom stereocenters. The number of carbonyl (C=O) groups is 1. The third-order valence-electron chi connectivity index (χ3n) is 4.88. The zero-order chi connectivity index (χ0) is 15.6. The van der Waals surface area contributed by atoms with Gasteiger partial charge in [-0.3, -0.25) is 4.79 Å². The van der Waals surface area contributed by atoms with Gasteiger partial charge in [0.15, 0.2) is 0 Å². The first-order valence-corrected chi connectivity index (χ1v) is 7.94. The maximum atomic E-state index is 12.9. The van der Waals surface area contributed by atoms with Crippen LogP contribution in [0, 0.1) is 12.8 Å². The molecule has 1 aromatic carbocycles. The van der Waals surface area contributed by atoms with Gasteiger partial charge in [-0.1, -0.05) is 29.8 Å². The number of likely N-dealkylation sites (tertiary alicyclic amines) is 1. The summed E-state index contributed by atoms with van der Waals surface area (Å²) in [6.45, 7) is 9.85. The quantitative estimate of drug-likeness (QED) is 0.927. The Hall–Kier alpha value is -1.06. The zero-order valence-electron chi connectivity index (χ0n) is 14.1. The number of nitrogens with two attached hydrogens (primary N) is 1. The average molecular weight is 325 g/mol. The monoisotopic (exact) mass is 324 g/mol. The van der Waals surface area contributed by atoms with Gasteiger partial charge in [0, 0.05) is 19.1 Å². The molecule has 1 aliphatic heterocycles. The van der Waals surface area contributed by atoms with Crippen molar-refractivity contribution in [1.82, 2.24) is 4.90 Å². The molecule has 4 heteroatoms. The van der Waals surface area contributed by atoms with E-state index >= 15 is 0 Å². The average Bonchev–Trinajstić information content (AvgIpc) is 2.47. The van der Waals surface area contributed by atoms with E-state index < -0.39 is 5.41 Å². The summed E-state index contributed by atoms with van der Waals surface area (Å²) in [6.07, 6.45) is 2.04. The lowest BCUT2D eigenvalue weighted by Crippen LogP contribution is -2.48. The molecule has 3 nitrogen and oxygen atoms in total. The summed E-state index contributed by atoms with van der Waals surface area (Å²) in [5, 5.41) is 0. The molecule has 0 saturated carbocycles. The van der Waals surface area contributed by atoms with Gasteiger partial charge in [-0.2, -0.15) is 0 Å². The van der Waals surface area contributed by atoms with Crippen LogP contribution in [0.4, 0.5) is 0 Å². The van der Waals surface area contributed by atoms with Crippen molar-refractivity contribution in [3.05, 3.63) is 35.4 Å². The van der Waals surface area contributed by atoms with E-state index in [-0.39, 0.29) is 24.4 Å². The summed E-state index contributed by atoms with van der Waals surface area (Å²) in [7, 11) is 0. The molecule has 22 heavy (non-hydrogen) atoms. The maximum absolute atomic E-state index is 12.9. The summed E-state index contributed by atoms with van der Waals surface area (Å²) in [4.78, 5) is 14.9. The van der Waals surface area contributed by atoms with Gasteiger partial charge in [-0.25, -0.2) is 0 Å². The van der Waals surface area contributed by atoms with Crippen LogP contribution in [0.2, 0.25) is 0 Å². The zero-order valence-corrected chi connectivity index (χ0v) is 15.0. The summed E-state index contributed by atoms with van der Waals surface area (Å²) in [6, 6.07) is 8.52.